The van der Waals surface area contributed by atoms with Crippen molar-refractivity contribution in [2.75, 3.05) is 0 Å². The second-order valence-corrected chi connectivity index (χ2v) is 6.16. The SMILES string of the molecule is CCn1cncc1CN1C2CCC1CC(CC(=O)O)C2. The number of fused-ring (bicyclic) bond motifs is 2. The molecule has 0 radical (unpaired) electrons. The molecule has 1 aromatic rings. The topological polar surface area (TPSA) is 58.4 Å². The molecule has 3 rings (SSSR count). The molecule has 2 unspecified atom stereocenters. The summed E-state index contributed by atoms with van der Waals surface area (Å²) in [7, 11) is 0. The summed E-state index contributed by atoms with van der Waals surface area (Å²) < 4.78 is 2.20. The van der Waals surface area contributed by atoms with Crippen LogP contribution in [0.4, 0.5) is 0 Å². The number of carboxylic acid groups (broad SMARTS) is 1. The Balaban J connectivity index is 1.66. The van der Waals surface area contributed by atoms with Gasteiger partial charge in [0.05, 0.1) is 12.0 Å². The van der Waals surface area contributed by atoms with E-state index in [4.69, 9.17) is 5.11 Å². The second kappa shape index (κ2) is 5.56. The number of aliphatic carboxylic acids is 1. The summed E-state index contributed by atoms with van der Waals surface area (Å²) in [5.74, 6) is -0.274. The molecule has 2 atom stereocenters. The number of carboxylic acids is 1. The number of aromatic nitrogens is 2. The van der Waals surface area contributed by atoms with E-state index in [0.29, 0.717) is 24.4 Å². The van der Waals surface area contributed by atoms with Gasteiger partial charge in [-0.3, -0.25) is 9.69 Å². The van der Waals surface area contributed by atoms with Crippen molar-refractivity contribution in [1.29, 1.82) is 0 Å². The Labute approximate surface area is 119 Å². The highest BCUT2D eigenvalue weighted by Crippen LogP contribution is 2.40. The van der Waals surface area contributed by atoms with Crippen molar-refractivity contribution in [3.05, 3.63) is 18.2 Å². The summed E-state index contributed by atoms with van der Waals surface area (Å²) in [6.07, 6.45) is 8.74. The van der Waals surface area contributed by atoms with Crippen molar-refractivity contribution in [3.8, 4) is 0 Å². The summed E-state index contributed by atoms with van der Waals surface area (Å²) in [5, 5.41) is 8.98. The molecule has 0 saturated carbocycles. The van der Waals surface area contributed by atoms with Crippen LogP contribution in [0.3, 0.4) is 0 Å². The summed E-state index contributed by atoms with van der Waals surface area (Å²) in [6, 6.07) is 1.14. The zero-order valence-electron chi connectivity index (χ0n) is 12.0. The number of imidazole rings is 1. The van der Waals surface area contributed by atoms with Gasteiger partial charge in [-0.1, -0.05) is 0 Å². The Morgan fingerprint density at radius 1 is 1.40 bits per heavy atom. The number of aryl methyl sites for hydroxylation is 1. The molecule has 5 heteroatoms. The number of nitrogens with zero attached hydrogens (tertiary/aromatic N) is 3. The zero-order valence-corrected chi connectivity index (χ0v) is 12.0. The zero-order chi connectivity index (χ0) is 14.1. The molecule has 2 aliphatic rings. The Hall–Kier alpha value is -1.36. The predicted octanol–water partition coefficient (Wildman–Crippen LogP) is 2.12. The van der Waals surface area contributed by atoms with Gasteiger partial charge in [-0.25, -0.2) is 4.98 Å². The van der Waals surface area contributed by atoms with Crippen LogP contribution in [-0.2, 0) is 17.9 Å². The summed E-state index contributed by atoms with van der Waals surface area (Å²) in [4.78, 5) is 17.7. The molecule has 20 heavy (non-hydrogen) atoms. The molecule has 0 amide bonds. The van der Waals surface area contributed by atoms with Crippen molar-refractivity contribution in [1.82, 2.24) is 14.5 Å². The van der Waals surface area contributed by atoms with Crippen LogP contribution in [0.2, 0.25) is 0 Å². The summed E-state index contributed by atoms with van der Waals surface area (Å²) in [5.41, 5.74) is 1.28. The quantitative estimate of drug-likeness (QED) is 0.895. The molecule has 2 aliphatic heterocycles. The largest absolute Gasteiger partial charge is 0.481 e. The maximum atomic E-state index is 10.9. The van der Waals surface area contributed by atoms with Gasteiger partial charge < -0.3 is 9.67 Å². The molecule has 0 spiro atoms. The third-order valence-electron chi connectivity index (χ3n) is 4.93. The Morgan fingerprint density at radius 3 is 2.70 bits per heavy atom. The lowest BCUT2D eigenvalue weighted by Gasteiger charge is -2.38. The van der Waals surface area contributed by atoms with Crippen molar-refractivity contribution in [3.63, 3.8) is 0 Å². The highest BCUT2D eigenvalue weighted by molar-refractivity contribution is 5.67. The van der Waals surface area contributed by atoms with Crippen molar-refractivity contribution in [2.24, 2.45) is 5.92 Å². The molecular weight excluding hydrogens is 254 g/mol. The lowest BCUT2D eigenvalue weighted by molar-refractivity contribution is -0.138. The molecule has 110 valence electrons. The van der Waals surface area contributed by atoms with Crippen LogP contribution >= 0.6 is 0 Å². The van der Waals surface area contributed by atoms with Gasteiger partial charge in [0.2, 0.25) is 0 Å². The van der Waals surface area contributed by atoms with E-state index in [2.05, 4.69) is 21.4 Å². The molecule has 2 saturated heterocycles. The molecule has 2 fully saturated rings. The minimum atomic E-state index is -0.646. The number of carbonyl (C=O) groups is 1. The Bertz CT molecular complexity index is 471. The average molecular weight is 277 g/mol. The normalized spacial score (nSPS) is 29.8. The Morgan fingerprint density at radius 2 is 2.10 bits per heavy atom. The fourth-order valence-corrected chi connectivity index (χ4v) is 4.01. The van der Waals surface area contributed by atoms with E-state index in [9.17, 15) is 4.79 Å². The maximum Gasteiger partial charge on any atom is 0.303 e. The first-order valence-electron chi connectivity index (χ1n) is 7.64. The Kier molecular flexibility index (Phi) is 3.78. The lowest BCUT2D eigenvalue weighted by Crippen LogP contribution is -2.43. The first kappa shape index (κ1) is 13.6. The van der Waals surface area contributed by atoms with E-state index in [1.807, 2.05) is 12.5 Å². The fraction of sp³-hybridized carbons (Fsp3) is 0.733. The van der Waals surface area contributed by atoms with Gasteiger partial charge in [0.15, 0.2) is 0 Å². The smallest absolute Gasteiger partial charge is 0.303 e. The van der Waals surface area contributed by atoms with Crippen LogP contribution in [-0.4, -0.2) is 37.6 Å². The first-order chi connectivity index (χ1) is 9.67. The van der Waals surface area contributed by atoms with Crippen molar-refractivity contribution in [2.45, 2.75) is 64.2 Å². The van der Waals surface area contributed by atoms with Gasteiger partial charge in [-0.05, 0) is 38.5 Å². The molecule has 1 N–H and O–H groups in total. The molecule has 3 heterocycles. The van der Waals surface area contributed by atoms with Crippen LogP contribution in [0.5, 0.6) is 0 Å². The van der Waals surface area contributed by atoms with Gasteiger partial charge in [0, 0.05) is 37.8 Å². The van der Waals surface area contributed by atoms with Gasteiger partial charge in [-0.15, -0.1) is 0 Å². The van der Waals surface area contributed by atoms with Gasteiger partial charge in [0.25, 0.3) is 0 Å². The van der Waals surface area contributed by atoms with Crippen LogP contribution in [0.15, 0.2) is 12.5 Å². The van der Waals surface area contributed by atoms with E-state index >= 15 is 0 Å². The minimum absolute atomic E-state index is 0.341. The standard InChI is InChI=1S/C15H23N3O2/c1-2-17-10-16-8-14(17)9-18-12-3-4-13(18)6-11(5-12)7-15(19)20/h8,10-13H,2-7,9H2,1H3,(H,19,20). The maximum absolute atomic E-state index is 10.9. The molecule has 0 aromatic carbocycles. The highest BCUT2D eigenvalue weighted by atomic mass is 16.4. The minimum Gasteiger partial charge on any atom is -0.481 e. The van der Waals surface area contributed by atoms with E-state index in [1.165, 1.54) is 18.5 Å². The van der Waals surface area contributed by atoms with E-state index < -0.39 is 5.97 Å². The van der Waals surface area contributed by atoms with Crippen molar-refractivity contribution >= 4 is 5.97 Å². The number of hydrogen-bond donors (Lipinski definition) is 1. The van der Waals surface area contributed by atoms with Crippen LogP contribution in [0.1, 0.15) is 44.7 Å². The number of hydrogen-bond acceptors (Lipinski definition) is 3. The van der Waals surface area contributed by atoms with E-state index in [-0.39, 0.29) is 0 Å². The van der Waals surface area contributed by atoms with Crippen molar-refractivity contribution < 1.29 is 9.90 Å². The van der Waals surface area contributed by atoms with Crippen LogP contribution in [0.25, 0.3) is 0 Å². The van der Waals surface area contributed by atoms with Gasteiger partial charge in [0.1, 0.15) is 0 Å². The first-order valence-corrected chi connectivity index (χ1v) is 7.64. The van der Waals surface area contributed by atoms with E-state index in [1.54, 1.807) is 0 Å². The molecule has 2 bridgehead atoms. The van der Waals surface area contributed by atoms with Gasteiger partial charge >= 0.3 is 5.97 Å². The highest BCUT2D eigenvalue weighted by Gasteiger charge is 2.41. The lowest BCUT2D eigenvalue weighted by atomic mass is 9.88. The number of rotatable bonds is 5. The third-order valence-corrected chi connectivity index (χ3v) is 4.93. The predicted molar refractivity (Wildman–Crippen MR) is 75.2 cm³/mol. The number of piperidine rings is 1. The van der Waals surface area contributed by atoms with Crippen LogP contribution in [0, 0.1) is 5.92 Å². The molecule has 0 aliphatic carbocycles. The monoisotopic (exact) mass is 277 g/mol. The molecule has 5 nitrogen and oxygen atoms in total. The van der Waals surface area contributed by atoms with E-state index in [0.717, 1.165) is 25.9 Å². The summed E-state index contributed by atoms with van der Waals surface area (Å²) in [6.45, 7) is 4.06. The van der Waals surface area contributed by atoms with Gasteiger partial charge in [-0.2, -0.15) is 0 Å². The van der Waals surface area contributed by atoms with Crippen LogP contribution < -0.4 is 0 Å². The summed E-state index contributed by atoms with van der Waals surface area (Å²) >= 11 is 0. The average Bonchev–Trinajstić information content (AvgIpc) is 2.93. The fourth-order valence-electron chi connectivity index (χ4n) is 4.01. The second-order valence-electron chi connectivity index (χ2n) is 6.16. The molecular formula is C15H23N3O2. The third kappa shape index (κ3) is 2.59. The molecule has 1 aromatic heterocycles.